The first-order chi connectivity index (χ1) is 7.92. The lowest BCUT2D eigenvalue weighted by molar-refractivity contribution is -0.115. The maximum atomic E-state index is 9.43. The minimum Gasteiger partial charge on any atom is -0.351 e. The van der Waals surface area contributed by atoms with Crippen molar-refractivity contribution in [2.24, 2.45) is 0 Å². The van der Waals surface area contributed by atoms with E-state index in [0.717, 1.165) is 6.41 Å². The van der Waals surface area contributed by atoms with E-state index in [0.29, 0.717) is 0 Å². The Bertz CT molecular complexity index is 222. The van der Waals surface area contributed by atoms with Crippen LogP contribution in [0.25, 0.3) is 0 Å². The molecule has 0 bridgehead atoms. The molecular formula is C11H25NO4S. The number of rotatable bonds is 6. The normalized spacial score (nSPS) is 8.00. The Balaban J connectivity index is -0.000000188. The van der Waals surface area contributed by atoms with E-state index in [9.17, 15) is 4.79 Å². The lowest BCUT2D eigenvalue weighted by Gasteiger charge is -1.93. The summed E-state index contributed by atoms with van der Waals surface area (Å²) >= 11 is 0. The molecule has 5 nitrogen and oxygen atoms in total. The Labute approximate surface area is 106 Å². The molecule has 6 heteroatoms. The third kappa shape index (κ3) is 69.7. The summed E-state index contributed by atoms with van der Waals surface area (Å²) in [7, 11) is 0.264. The number of amides is 1. The van der Waals surface area contributed by atoms with Crippen LogP contribution in [0.5, 0.6) is 0 Å². The third-order valence-corrected chi connectivity index (χ3v) is 1.67. The van der Waals surface area contributed by atoms with Crippen molar-refractivity contribution in [1.82, 2.24) is 4.90 Å². The summed E-state index contributed by atoms with van der Waals surface area (Å²) in [5, 5.41) is 0. The molecule has 0 unspecified atom stereocenters. The summed E-state index contributed by atoms with van der Waals surface area (Å²) in [5.41, 5.74) is 0. The molecule has 0 aromatic heterocycles. The predicted octanol–water partition coefficient (Wildman–Crippen LogP) is 2.07. The molecule has 0 aromatic carbocycles. The lowest BCUT2D eigenvalue weighted by atomic mass is 10.1. The molecular weight excluding hydrogens is 242 g/mol. The highest BCUT2D eigenvalue weighted by molar-refractivity contribution is 7.59. The second kappa shape index (κ2) is 20.5. The lowest BCUT2D eigenvalue weighted by Crippen LogP contribution is -2.06. The summed E-state index contributed by atoms with van der Waals surface area (Å²) in [4.78, 5) is 10.9. The van der Waals surface area contributed by atoms with Crippen LogP contribution < -0.4 is 0 Å². The molecule has 0 fully saturated rings. The maximum absolute atomic E-state index is 9.43. The van der Waals surface area contributed by atoms with Gasteiger partial charge in [0, 0.05) is 14.1 Å². The van der Waals surface area contributed by atoms with Crippen molar-refractivity contribution in [3.05, 3.63) is 0 Å². The molecule has 0 N–H and O–H groups in total. The Morgan fingerprint density at radius 2 is 1.12 bits per heavy atom. The molecule has 104 valence electrons. The van der Waals surface area contributed by atoms with Gasteiger partial charge in [0.05, 0.1) is 0 Å². The van der Waals surface area contributed by atoms with Gasteiger partial charge >= 0.3 is 10.6 Å². The molecule has 0 aliphatic carbocycles. The van der Waals surface area contributed by atoms with Gasteiger partial charge in [0.15, 0.2) is 0 Å². The standard InChI is InChI=1S/C8H18.C3H7NO.O3S/c1-3-5-7-8-6-4-2;1-4(2)3-5;1-4(2)3/h3-8H2,1-2H3;3H,1-2H3;. The van der Waals surface area contributed by atoms with Crippen LogP contribution in [0.3, 0.4) is 0 Å². The molecule has 1 amide bonds. The van der Waals surface area contributed by atoms with E-state index in [1.165, 1.54) is 43.4 Å². The first kappa shape index (κ1) is 21.4. The van der Waals surface area contributed by atoms with Gasteiger partial charge in [-0.25, -0.2) is 0 Å². The van der Waals surface area contributed by atoms with Crippen LogP contribution in [0.15, 0.2) is 0 Å². The van der Waals surface area contributed by atoms with Crippen LogP contribution >= 0.6 is 0 Å². The zero-order valence-electron chi connectivity index (χ0n) is 11.3. The summed E-state index contributed by atoms with van der Waals surface area (Å²) in [6.45, 7) is 4.51. The van der Waals surface area contributed by atoms with Crippen molar-refractivity contribution in [2.75, 3.05) is 14.1 Å². The van der Waals surface area contributed by atoms with E-state index in [1.54, 1.807) is 14.1 Å². The Morgan fingerprint density at radius 3 is 1.24 bits per heavy atom. The van der Waals surface area contributed by atoms with E-state index in [1.807, 2.05) is 0 Å². The van der Waals surface area contributed by atoms with Crippen molar-refractivity contribution in [1.29, 1.82) is 0 Å². The quantitative estimate of drug-likeness (QED) is 0.545. The van der Waals surface area contributed by atoms with Crippen molar-refractivity contribution in [2.45, 2.75) is 52.4 Å². The predicted molar refractivity (Wildman–Crippen MR) is 68.5 cm³/mol. The Hall–Kier alpha value is -0.910. The molecule has 17 heavy (non-hydrogen) atoms. The second-order valence-corrected chi connectivity index (χ2v) is 4.10. The number of unbranched alkanes of at least 4 members (excludes halogenated alkanes) is 5. The fraction of sp³-hybridized carbons (Fsp3) is 0.909. The van der Waals surface area contributed by atoms with Crippen LogP contribution in [0.1, 0.15) is 52.4 Å². The van der Waals surface area contributed by atoms with Gasteiger partial charge in [-0.3, -0.25) is 4.79 Å². The summed E-state index contributed by atoms with van der Waals surface area (Å²) in [6, 6.07) is 0. The van der Waals surface area contributed by atoms with Crippen molar-refractivity contribution in [3.8, 4) is 0 Å². The number of hydrogen-bond donors (Lipinski definition) is 0. The smallest absolute Gasteiger partial charge is 0.351 e. The van der Waals surface area contributed by atoms with Crippen LogP contribution in [-0.2, 0) is 15.4 Å². The van der Waals surface area contributed by atoms with E-state index >= 15 is 0 Å². The minimum atomic E-state index is -3.11. The number of carbonyl (C=O) groups excluding carboxylic acids is 1. The van der Waals surface area contributed by atoms with Gasteiger partial charge in [-0.1, -0.05) is 52.4 Å². The van der Waals surface area contributed by atoms with Crippen LogP contribution in [-0.4, -0.2) is 38.0 Å². The summed E-state index contributed by atoms with van der Waals surface area (Å²) < 4.78 is 25.3. The fourth-order valence-corrected chi connectivity index (χ4v) is 0.854. The van der Waals surface area contributed by atoms with Crippen molar-refractivity contribution < 1.29 is 17.4 Å². The molecule has 0 spiro atoms. The summed E-state index contributed by atoms with van der Waals surface area (Å²) in [5.74, 6) is 0. The van der Waals surface area contributed by atoms with Crippen molar-refractivity contribution in [3.63, 3.8) is 0 Å². The third-order valence-electron chi connectivity index (χ3n) is 1.67. The van der Waals surface area contributed by atoms with E-state index in [4.69, 9.17) is 12.6 Å². The van der Waals surface area contributed by atoms with Gasteiger partial charge in [0.1, 0.15) is 0 Å². The molecule has 0 aromatic rings. The molecule has 0 heterocycles. The van der Waals surface area contributed by atoms with E-state index < -0.39 is 10.6 Å². The molecule has 0 radical (unpaired) electrons. The van der Waals surface area contributed by atoms with Crippen molar-refractivity contribution >= 4 is 17.0 Å². The second-order valence-electron chi connectivity index (χ2n) is 3.69. The van der Waals surface area contributed by atoms with Gasteiger partial charge in [0.2, 0.25) is 6.41 Å². The highest BCUT2D eigenvalue weighted by Gasteiger charge is 1.83. The molecule has 0 saturated carbocycles. The highest BCUT2D eigenvalue weighted by atomic mass is 32.2. The number of nitrogens with zero attached hydrogens (tertiary/aromatic N) is 1. The highest BCUT2D eigenvalue weighted by Crippen LogP contribution is 2.03. The molecule has 0 aliphatic heterocycles. The Kier molecular flexibility index (Phi) is 25.8. The van der Waals surface area contributed by atoms with E-state index in [-0.39, 0.29) is 0 Å². The minimum absolute atomic E-state index is 0.750. The van der Waals surface area contributed by atoms with Crippen LogP contribution in [0.4, 0.5) is 0 Å². The van der Waals surface area contributed by atoms with Gasteiger partial charge in [-0.15, -0.1) is 12.6 Å². The SMILES string of the molecule is CCCCCCCC.CN(C)C=O.O=S(=O)=O. The topological polar surface area (TPSA) is 71.5 Å². The zero-order chi connectivity index (χ0) is 14.1. The monoisotopic (exact) mass is 267 g/mol. The van der Waals surface area contributed by atoms with Gasteiger partial charge < -0.3 is 4.90 Å². The number of carbonyl (C=O) groups is 1. The molecule has 0 atom stereocenters. The first-order valence-corrected chi connectivity index (χ1v) is 6.80. The largest absolute Gasteiger partial charge is 0.425 e. The fourth-order valence-electron chi connectivity index (χ4n) is 0.854. The first-order valence-electron chi connectivity index (χ1n) is 5.80. The molecule has 0 saturated heterocycles. The Morgan fingerprint density at radius 1 is 0.882 bits per heavy atom. The zero-order valence-corrected chi connectivity index (χ0v) is 12.1. The van der Waals surface area contributed by atoms with Crippen LogP contribution in [0.2, 0.25) is 0 Å². The number of hydrogen-bond acceptors (Lipinski definition) is 4. The van der Waals surface area contributed by atoms with Gasteiger partial charge in [-0.05, 0) is 0 Å². The average molecular weight is 267 g/mol. The van der Waals surface area contributed by atoms with Gasteiger partial charge in [0.25, 0.3) is 0 Å². The van der Waals surface area contributed by atoms with Crippen LogP contribution in [0, 0.1) is 0 Å². The average Bonchev–Trinajstić information content (AvgIpc) is 2.24. The maximum Gasteiger partial charge on any atom is 0.425 e. The summed E-state index contributed by atoms with van der Waals surface area (Å²) in [6.07, 6.45) is 9.24. The van der Waals surface area contributed by atoms with Gasteiger partial charge in [-0.2, -0.15) is 0 Å². The van der Waals surface area contributed by atoms with E-state index in [2.05, 4.69) is 13.8 Å². The molecule has 0 rings (SSSR count). The molecule has 0 aliphatic rings.